The third-order valence-electron chi connectivity index (χ3n) is 4.46. The average Bonchev–Trinajstić information content (AvgIpc) is 2.98. The number of carbonyl (C=O) groups excluding carboxylic acids is 1. The lowest BCUT2D eigenvalue weighted by molar-refractivity contribution is -0.122. The van der Waals surface area contributed by atoms with Crippen molar-refractivity contribution in [3.8, 4) is 0 Å². The van der Waals surface area contributed by atoms with Crippen LogP contribution in [0.5, 0.6) is 0 Å². The Morgan fingerprint density at radius 2 is 1.92 bits per heavy atom. The maximum absolute atomic E-state index is 12.4. The number of amides is 1. The van der Waals surface area contributed by atoms with Crippen LogP contribution >= 0.6 is 11.3 Å². The van der Waals surface area contributed by atoms with E-state index in [2.05, 4.69) is 52.9 Å². The first-order chi connectivity index (χ1) is 12.0. The van der Waals surface area contributed by atoms with E-state index >= 15 is 0 Å². The molecule has 1 N–H and O–H groups in total. The van der Waals surface area contributed by atoms with Gasteiger partial charge in [0, 0.05) is 11.4 Å². The molecule has 3 nitrogen and oxygen atoms in total. The van der Waals surface area contributed by atoms with Gasteiger partial charge in [0.25, 0.3) is 0 Å². The summed E-state index contributed by atoms with van der Waals surface area (Å²) < 4.78 is 0. The third kappa shape index (κ3) is 4.27. The van der Waals surface area contributed by atoms with Crippen LogP contribution < -0.4 is 5.32 Å². The lowest BCUT2D eigenvalue weighted by Gasteiger charge is -2.20. The zero-order chi connectivity index (χ0) is 17.8. The first kappa shape index (κ1) is 17.6. The molecule has 25 heavy (non-hydrogen) atoms. The highest BCUT2D eigenvalue weighted by Crippen LogP contribution is 2.24. The number of aryl methyl sites for hydroxylation is 1. The number of benzene rings is 2. The van der Waals surface area contributed by atoms with Gasteiger partial charge in [-0.15, -0.1) is 11.3 Å². The van der Waals surface area contributed by atoms with E-state index in [9.17, 15) is 4.79 Å². The minimum absolute atomic E-state index is 0.0181. The zero-order valence-corrected chi connectivity index (χ0v) is 15.8. The highest BCUT2D eigenvalue weighted by atomic mass is 32.1. The Morgan fingerprint density at radius 3 is 2.68 bits per heavy atom. The van der Waals surface area contributed by atoms with Gasteiger partial charge in [-0.05, 0) is 54.2 Å². The summed E-state index contributed by atoms with van der Waals surface area (Å²) >= 11 is 1.74. The van der Waals surface area contributed by atoms with Crippen LogP contribution in [0.3, 0.4) is 0 Å². The fourth-order valence-corrected chi connectivity index (χ4v) is 4.09. The number of fused-ring (bicyclic) bond motifs is 1. The molecular formula is C21H24N2OS. The number of thiophene rings is 1. The van der Waals surface area contributed by atoms with Crippen molar-refractivity contribution in [3.63, 3.8) is 0 Å². The monoisotopic (exact) mass is 352 g/mol. The van der Waals surface area contributed by atoms with E-state index in [1.54, 1.807) is 11.3 Å². The van der Waals surface area contributed by atoms with E-state index in [0.717, 1.165) is 12.1 Å². The fraction of sp³-hybridized carbons (Fsp3) is 0.286. The van der Waals surface area contributed by atoms with Crippen molar-refractivity contribution < 1.29 is 4.79 Å². The minimum atomic E-state index is -0.0181. The van der Waals surface area contributed by atoms with E-state index in [1.807, 2.05) is 32.2 Å². The molecule has 4 heteroatoms. The molecular weight excluding hydrogens is 328 g/mol. The smallest absolute Gasteiger partial charge is 0.234 e. The summed E-state index contributed by atoms with van der Waals surface area (Å²) in [6, 6.07) is 16.6. The van der Waals surface area contributed by atoms with Crippen LogP contribution in [0.25, 0.3) is 10.8 Å². The van der Waals surface area contributed by atoms with Crippen molar-refractivity contribution >= 4 is 28.0 Å². The van der Waals surface area contributed by atoms with Crippen molar-refractivity contribution in [2.75, 3.05) is 13.6 Å². The molecule has 0 saturated carbocycles. The van der Waals surface area contributed by atoms with Crippen LogP contribution in [-0.4, -0.2) is 24.4 Å². The summed E-state index contributed by atoms with van der Waals surface area (Å²) in [5.41, 5.74) is 2.45. The predicted octanol–water partition coefficient (Wildman–Crippen LogP) is 4.52. The molecule has 0 bridgehead atoms. The van der Waals surface area contributed by atoms with Gasteiger partial charge in [-0.2, -0.15) is 0 Å². The summed E-state index contributed by atoms with van der Waals surface area (Å²) in [6.45, 7) is 5.36. The van der Waals surface area contributed by atoms with Crippen LogP contribution in [0.4, 0.5) is 0 Å². The molecule has 1 heterocycles. The molecule has 0 aliphatic carbocycles. The Labute approximate surface area is 153 Å². The van der Waals surface area contributed by atoms with Crippen molar-refractivity contribution in [1.29, 1.82) is 0 Å². The number of hydrogen-bond acceptors (Lipinski definition) is 3. The number of rotatable bonds is 6. The largest absolute Gasteiger partial charge is 0.348 e. The third-order valence-corrected chi connectivity index (χ3v) is 5.47. The van der Waals surface area contributed by atoms with Crippen molar-refractivity contribution in [1.82, 2.24) is 10.2 Å². The first-order valence-corrected chi connectivity index (χ1v) is 9.41. The molecule has 0 aliphatic rings. The highest BCUT2D eigenvalue weighted by molar-refractivity contribution is 7.10. The van der Waals surface area contributed by atoms with Gasteiger partial charge in [0.2, 0.25) is 5.91 Å². The summed E-state index contributed by atoms with van der Waals surface area (Å²) in [5, 5.41) is 7.63. The maximum atomic E-state index is 12.4. The molecule has 130 valence electrons. The van der Waals surface area contributed by atoms with Gasteiger partial charge in [-0.1, -0.05) is 42.5 Å². The Kier molecular flexibility index (Phi) is 5.51. The Morgan fingerprint density at radius 1 is 1.16 bits per heavy atom. The molecule has 0 fully saturated rings. The molecule has 1 amide bonds. The second-order valence-corrected chi connectivity index (χ2v) is 7.56. The summed E-state index contributed by atoms with van der Waals surface area (Å²) in [5.74, 6) is 0.0529. The van der Waals surface area contributed by atoms with E-state index in [0.29, 0.717) is 6.54 Å². The van der Waals surface area contributed by atoms with E-state index in [-0.39, 0.29) is 11.9 Å². The molecule has 0 spiro atoms. The van der Waals surface area contributed by atoms with Crippen LogP contribution in [-0.2, 0) is 11.3 Å². The van der Waals surface area contributed by atoms with Crippen LogP contribution in [0.15, 0.2) is 53.9 Å². The van der Waals surface area contributed by atoms with Gasteiger partial charge in [-0.3, -0.25) is 9.69 Å². The first-order valence-electron chi connectivity index (χ1n) is 8.53. The van der Waals surface area contributed by atoms with Gasteiger partial charge in [0.15, 0.2) is 0 Å². The summed E-state index contributed by atoms with van der Waals surface area (Å²) in [4.78, 5) is 15.8. The van der Waals surface area contributed by atoms with Crippen LogP contribution in [0.2, 0.25) is 0 Å². The lowest BCUT2D eigenvalue weighted by atomic mass is 10.00. The standard InChI is InChI=1S/C21H24N2OS/c1-15-11-12-25-20(15)13-23(3)14-21(24)22-16(2)18-10-6-8-17-7-4-5-9-19(17)18/h4-12,16H,13-14H2,1-3H3,(H,22,24)/t16-/m0/s1. The summed E-state index contributed by atoms with van der Waals surface area (Å²) in [7, 11) is 1.99. The van der Waals surface area contributed by atoms with E-state index in [4.69, 9.17) is 0 Å². The number of nitrogens with one attached hydrogen (secondary N) is 1. The molecule has 2 aromatic carbocycles. The normalized spacial score (nSPS) is 12.5. The van der Waals surface area contributed by atoms with Gasteiger partial charge in [0.05, 0.1) is 12.6 Å². The SMILES string of the molecule is Cc1ccsc1CN(C)CC(=O)N[C@@H](C)c1cccc2ccccc12. The molecule has 3 aromatic rings. The van der Waals surface area contributed by atoms with Gasteiger partial charge < -0.3 is 5.32 Å². The number of likely N-dealkylation sites (N-methyl/N-ethyl adjacent to an activating group) is 1. The second-order valence-electron chi connectivity index (χ2n) is 6.56. The molecule has 0 radical (unpaired) electrons. The number of carbonyl (C=O) groups is 1. The fourth-order valence-electron chi connectivity index (χ4n) is 3.11. The maximum Gasteiger partial charge on any atom is 0.234 e. The molecule has 0 aliphatic heterocycles. The van der Waals surface area contributed by atoms with Crippen LogP contribution in [0.1, 0.15) is 29.0 Å². The van der Waals surface area contributed by atoms with Gasteiger partial charge >= 0.3 is 0 Å². The van der Waals surface area contributed by atoms with Crippen molar-refractivity contribution in [2.24, 2.45) is 0 Å². The lowest BCUT2D eigenvalue weighted by Crippen LogP contribution is -2.36. The van der Waals surface area contributed by atoms with E-state index < -0.39 is 0 Å². The molecule has 0 unspecified atom stereocenters. The molecule has 3 rings (SSSR count). The Bertz CT molecular complexity index is 866. The predicted molar refractivity (Wildman–Crippen MR) is 106 cm³/mol. The Hall–Kier alpha value is -2.17. The quantitative estimate of drug-likeness (QED) is 0.707. The van der Waals surface area contributed by atoms with Crippen molar-refractivity contribution in [3.05, 3.63) is 69.9 Å². The van der Waals surface area contributed by atoms with E-state index in [1.165, 1.54) is 21.2 Å². The summed E-state index contributed by atoms with van der Waals surface area (Å²) in [6.07, 6.45) is 0. The van der Waals surface area contributed by atoms with Gasteiger partial charge in [-0.25, -0.2) is 0 Å². The molecule has 1 atom stereocenters. The topological polar surface area (TPSA) is 32.3 Å². The zero-order valence-electron chi connectivity index (χ0n) is 15.0. The van der Waals surface area contributed by atoms with Crippen molar-refractivity contribution in [2.45, 2.75) is 26.4 Å². The van der Waals surface area contributed by atoms with Gasteiger partial charge in [0.1, 0.15) is 0 Å². The average molecular weight is 353 g/mol. The highest BCUT2D eigenvalue weighted by Gasteiger charge is 2.14. The number of hydrogen-bond donors (Lipinski definition) is 1. The minimum Gasteiger partial charge on any atom is -0.348 e. The molecule has 1 aromatic heterocycles. The number of nitrogens with zero attached hydrogens (tertiary/aromatic N) is 1. The molecule has 0 saturated heterocycles. The van der Waals surface area contributed by atoms with Crippen LogP contribution in [0, 0.1) is 6.92 Å². The second kappa shape index (κ2) is 7.81. The Balaban J connectivity index is 1.63.